The predicted octanol–water partition coefficient (Wildman–Crippen LogP) is 2.17. The van der Waals surface area contributed by atoms with E-state index in [1.807, 2.05) is 0 Å². The van der Waals surface area contributed by atoms with Crippen molar-refractivity contribution in [3.63, 3.8) is 0 Å². The molecule has 2 aromatic carbocycles. The van der Waals surface area contributed by atoms with Crippen LogP contribution in [0.15, 0.2) is 53.4 Å². The van der Waals surface area contributed by atoms with E-state index in [0.717, 1.165) is 18.4 Å². The van der Waals surface area contributed by atoms with E-state index >= 15 is 0 Å². The fourth-order valence-corrected chi connectivity index (χ4v) is 3.89. The minimum Gasteiger partial charge on any atom is -0.279 e. The smallest absolute Gasteiger partial charge is 0.264 e. The van der Waals surface area contributed by atoms with Gasteiger partial charge >= 0.3 is 0 Å². The molecule has 0 fully saturated rings. The molecule has 0 saturated carbocycles. The van der Waals surface area contributed by atoms with Gasteiger partial charge in [0.15, 0.2) is 9.84 Å². The summed E-state index contributed by atoms with van der Waals surface area (Å²) >= 11 is 0. The maximum absolute atomic E-state index is 13.6. The van der Waals surface area contributed by atoms with Crippen LogP contribution in [0, 0.1) is 5.82 Å². The van der Waals surface area contributed by atoms with Crippen LogP contribution in [0.5, 0.6) is 0 Å². The molecule has 0 aliphatic heterocycles. The third kappa shape index (κ3) is 4.05. The van der Waals surface area contributed by atoms with E-state index in [2.05, 4.69) is 4.72 Å². The first-order valence-electron chi connectivity index (χ1n) is 6.22. The summed E-state index contributed by atoms with van der Waals surface area (Å²) in [6, 6.07) is 11.0. The lowest BCUT2D eigenvalue weighted by Crippen LogP contribution is -2.16. The normalized spacial score (nSPS) is 12.1. The lowest BCUT2D eigenvalue weighted by atomic mass is 10.2. The average Bonchev–Trinajstić information content (AvgIpc) is 2.39. The van der Waals surface area contributed by atoms with E-state index in [1.165, 1.54) is 24.3 Å². The molecule has 0 aromatic heterocycles. The van der Waals surface area contributed by atoms with E-state index in [1.54, 1.807) is 12.1 Å². The number of nitrogens with one attached hydrogen (secondary N) is 1. The molecule has 0 spiro atoms. The molecule has 0 bridgehead atoms. The van der Waals surface area contributed by atoms with Crippen molar-refractivity contribution in [1.29, 1.82) is 0 Å². The Kier molecular flexibility index (Phi) is 4.52. The first kappa shape index (κ1) is 16.4. The van der Waals surface area contributed by atoms with Gasteiger partial charge in [-0.2, -0.15) is 0 Å². The van der Waals surface area contributed by atoms with E-state index < -0.39 is 30.6 Å². The Morgan fingerprint density at radius 1 is 0.955 bits per heavy atom. The van der Waals surface area contributed by atoms with Crippen LogP contribution in [0.2, 0.25) is 0 Å². The van der Waals surface area contributed by atoms with E-state index in [9.17, 15) is 21.2 Å². The number of sulfonamides is 1. The highest BCUT2D eigenvalue weighted by Crippen LogP contribution is 2.23. The SMILES string of the molecule is CS(=O)(=O)Cc1ccccc1NS(=O)(=O)c1ccccc1F. The monoisotopic (exact) mass is 343 g/mol. The van der Waals surface area contributed by atoms with Crippen LogP contribution >= 0.6 is 0 Å². The molecule has 0 radical (unpaired) electrons. The second kappa shape index (κ2) is 6.05. The summed E-state index contributed by atoms with van der Waals surface area (Å²) < 4.78 is 63.2. The van der Waals surface area contributed by atoms with Gasteiger partial charge in [0.1, 0.15) is 10.7 Å². The van der Waals surface area contributed by atoms with Crippen LogP contribution < -0.4 is 4.72 Å². The van der Waals surface area contributed by atoms with Crippen molar-refractivity contribution in [2.24, 2.45) is 0 Å². The largest absolute Gasteiger partial charge is 0.279 e. The number of sulfone groups is 1. The van der Waals surface area contributed by atoms with Gasteiger partial charge in [0.2, 0.25) is 0 Å². The van der Waals surface area contributed by atoms with Gasteiger partial charge in [-0.1, -0.05) is 30.3 Å². The van der Waals surface area contributed by atoms with E-state index in [4.69, 9.17) is 0 Å². The first-order chi connectivity index (χ1) is 10.2. The molecule has 2 aromatic rings. The number of halogens is 1. The Bertz CT molecular complexity index is 893. The van der Waals surface area contributed by atoms with Crippen molar-refractivity contribution >= 4 is 25.5 Å². The summed E-state index contributed by atoms with van der Waals surface area (Å²) in [5, 5.41) is 0. The van der Waals surface area contributed by atoms with Gasteiger partial charge in [-0.15, -0.1) is 0 Å². The number of benzene rings is 2. The lowest BCUT2D eigenvalue weighted by Gasteiger charge is -2.12. The standard InChI is InChI=1S/C14H14FNO4S2/c1-21(17,18)10-11-6-2-4-8-13(11)16-22(19,20)14-9-5-3-7-12(14)15/h2-9,16H,10H2,1H3. The molecule has 1 N–H and O–H groups in total. The Balaban J connectivity index is 2.41. The second-order valence-electron chi connectivity index (χ2n) is 4.76. The first-order valence-corrected chi connectivity index (χ1v) is 9.76. The summed E-state index contributed by atoms with van der Waals surface area (Å²) in [6.45, 7) is 0. The zero-order valence-electron chi connectivity index (χ0n) is 11.7. The van der Waals surface area contributed by atoms with Crippen molar-refractivity contribution < 1.29 is 21.2 Å². The highest BCUT2D eigenvalue weighted by atomic mass is 32.2. The van der Waals surface area contributed by atoms with Crippen molar-refractivity contribution in [1.82, 2.24) is 0 Å². The summed E-state index contributed by atoms with van der Waals surface area (Å²) in [5.74, 6) is -1.20. The van der Waals surface area contributed by atoms with Gasteiger partial charge in [-0.25, -0.2) is 21.2 Å². The molecule has 8 heteroatoms. The minimum absolute atomic E-state index is 0.108. The molecule has 0 aliphatic carbocycles. The van der Waals surface area contributed by atoms with Crippen LogP contribution in [0.3, 0.4) is 0 Å². The molecular weight excluding hydrogens is 329 g/mol. The quantitative estimate of drug-likeness (QED) is 0.902. The van der Waals surface area contributed by atoms with Gasteiger partial charge in [-0.05, 0) is 23.8 Å². The van der Waals surface area contributed by atoms with Gasteiger partial charge in [0.05, 0.1) is 11.4 Å². The van der Waals surface area contributed by atoms with Crippen LogP contribution in [-0.2, 0) is 25.6 Å². The van der Waals surface area contributed by atoms with Crippen molar-refractivity contribution in [2.45, 2.75) is 10.6 Å². The summed E-state index contributed by atoms with van der Waals surface area (Å²) in [7, 11) is -7.48. The molecule has 0 amide bonds. The Hall–Kier alpha value is -1.93. The zero-order chi connectivity index (χ0) is 16.4. The van der Waals surface area contributed by atoms with Gasteiger partial charge in [-0.3, -0.25) is 4.72 Å². The molecular formula is C14H14FNO4S2. The molecule has 5 nitrogen and oxygen atoms in total. The Morgan fingerprint density at radius 3 is 2.18 bits per heavy atom. The fraction of sp³-hybridized carbons (Fsp3) is 0.143. The van der Waals surface area contributed by atoms with Crippen LogP contribution in [0.4, 0.5) is 10.1 Å². The molecule has 0 heterocycles. The second-order valence-corrected chi connectivity index (χ2v) is 8.55. The van der Waals surface area contributed by atoms with Gasteiger partial charge < -0.3 is 0 Å². The summed E-state index contributed by atoms with van der Waals surface area (Å²) in [6.07, 6.45) is 1.05. The fourth-order valence-electron chi connectivity index (χ4n) is 1.89. The number of rotatable bonds is 5. The molecule has 0 atom stereocenters. The van der Waals surface area contributed by atoms with Crippen molar-refractivity contribution in [3.05, 3.63) is 59.9 Å². The highest BCUT2D eigenvalue weighted by molar-refractivity contribution is 7.92. The van der Waals surface area contributed by atoms with Crippen LogP contribution in [0.25, 0.3) is 0 Å². The number of anilines is 1. The van der Waals surface area contributed by atoms with Crippen LogP contribution in [-0.4, -0.2) is 23.1 Å². The lowest BCUT2D eigenvalue weighted by molar-refractivity contribution is 0.570. The molecule has 118 valence electrons. The number of hydrogen-bond donors (Lipinski definition) is 1. The highest BCUT2D eigenvalue weighted by Gasteiger charge is 2.20. The number of hydrogen-bond acceptors (Lipinski definition) is 4. The predicted molar refractivity (Wildman–Crippen MR) is 82.2 cm³/mol. The molecule has 0 aliphatic rings. The average molecular weight is 343 g/mol. The summed E-state index contributed by atoms with van der Waals surface area (Å²) in [4.78, 5) is -0.496. The number of para-hydroxylation sites is 1. The third-order valence-electron chi connectivity index (χ3n) is 2.81. The molecule has 0 unspecified atom stereocenters. The summed E-state index contributed by atoms with van der Waals surface area (Å²) in [5.41, 5.74) is 0.404. The molecule has 2 rings (SSSR count). The third-order valence-corrected chi connectivity index (χ3v) is 5.04. The van der Waals surface area contributed by atoms with Gasteiger partial charge in [0, 0.05) is 6.26 Å². The maximum atomic E-state index is 13.6. The Labute approximate surface area is 128 Å². The van der Waals surface area contributed by atoms with E-state index in [0.29, 0.717) is 5.56 Å². The van der Waals surface area contributed by atoms with Crippen molar-refractivity contribution in [2.75, 3.05) is 11.0 Å². The van der Waals surface area contributed by atoms with Crippen LogP contribution in [0.1, 0.15) is 5.56 Å². The Morgan fingerprint density at radius 2 is 1.55 bits per heavy atom. The molecule has 0 saturated heterocycles. The van der Waals surface area contributed by atoms with E-state index in [-0.39, 0.29) is 11.4 Å². The topological polar surface area (TPSA) is 80.3 Å². The van der Waals surface area contributed by atoms with Crippen molar-refractivity contribution in [3.8, 4) is 0 Å². The molecule has 22 heavy (non-hydrogen) atoms. The maximum Gasteiger partial charge on any atom is 0.264 e. The zero-order valence-corrected chi connectivity index (χ0v) is 13.3. The minimum atomic E-state index is -4.14. The van der Waals surface area contributed by atoms with Gasteiger partial charge in [0.25, 0.3) is 10.0 Å².